The number of carbonyl (C=O) groups excluding carboxylic acids is 1. The van der Waals surface area contributed by atoms with Crippen molar-refractivity contribution in [3.63, 3.8) is 0 Å². The van der Waals surface area contributed by atoms with Crippen molar-refractivity contribution in [2.24, 2.45) is 5.73 Å². The topological polar surface area (TPSA) is 98.3 Å². The number of hydrogen-bond acceptors (Lipinski definition) is 4. The summed E-state index contributed by atoms with van der Waals surface area (Å²) in [4.78, 5) is 12.6. The van der Waals surface area contributed by atoms with Crippen LogP contribution in [0.2, 0.25) is 5.02 Å². The Balaban J connectivity index is 1.67. The van der Waals surface area contributed by atoms with Crippen molar-refractivity contribution in [1.29, 1.82) is 0 Å². The molecule has 2 N–H and O–H groups in total. The number of aromatic nitrogens is 2. The Labute approximate surface area is 203 Å². The fraction of sp³-hybridized carbons (Fsp3) is 0.120. The number of sulfonamides is 1. The van der Waals surface area contributed by atoms with Gasteiger partial charge in [0.15, 0.2) is 0 Å². The van der Waals surface area contributed by atoms with Gasteiger partial charge in [0, 0.05) is 24.0 Å². The van der Waals surface area contributed by atoms with Gasteiger partial charge in [0.25, 0.3) is 0 Å². The van der Waals surface area contributed by atoms with E-state index in [0.29, 0.717) is 17.0 Å². The van der Waals surface area contributed by atoms with Crippen molar-refractivity contribution in [1.82, 2.24) is 14.1 Å². The van der Waals surface area contributed by atoms with Crippen molar-refractivity contribution in [2.45, 2.75) is 17.4 Å². The second-order valence-corrected chi connectivity index (χ2v) is 9.98. The van der Waals surface area contributed by atoms with Crippen LogP contribution in [0.4, 0.5) is 0 Å². The molecule has 1 atom stereocenters. The maximum absolute atomic E-state index is 13.7. The highest BCUT2D eigenvalue weighted by atomic mass is 35.5. The monoisotopic (exact) mass is 494 g/mol. The maximum atomic E-state index is 13.7. The predicted octanol–water partition coefficient (Wildman–Crippen LogP) is 3.99. The highest BCUT2D eigenvalue weighted by Gasteiger charge is 2.35. The Morgan fingerprint density at radius 1 is 0.971 bits per heavy atom. The van der Waals surface area contributed by atoms with E-state index in [9.17, 15) is 13.2 Å². The molecule has 0 fully saturated rings. The molecule has 0 saturated carbocycles. The standard InChI is InChI=1S/C25H23ClN4O3S/c26-21-9-13-23(14-10-21)34(32,33)30(24(25(27)31)20-5-2-1-3-6-20)18-15-19-7-11-22(12-8-19)29-17-4-16-28-29/h1-14,16-17,24H,15,18H2,(H2,27,31). The van der Waals surface area contributed by atoms with Crippen LogP contribution in [0.1, 0.15) is 17.2 Å². The molecule has 34 heavy (non-hydrogen) atoms. The summed E-state index contributed by atoms with van der Waals surface area (Å²) < 4.78 is 30.2. The number of nitrogens with zero attached hydrogens (tertiary/aromatic N) is 3. The van der Waals surface area contributed by atoms with E-state index >= 15 is 0 Å². The quantitative estimate of drug-likeness (QED) is 0.380. The number of primary amides is 1. The minimum Gasteiger partial charge on any atom is -0.368 e. The number of nitrogens with two attached hydrogens (primary N) is 1. The Bertz CT molecular complexity index is 1340. The molecule has 1 aromatic heterocycles. The third-order valence-corrected chi connectivity index (χ3v) is 7.55. The number of halogens is 1. The molecule has 0 spiro atoms. The van der Waals surface area contributed by atoms with Gasteiger partial charge < -0.3 is 5.73 Å². The highest BCUT2D eigenvalue weighted by Crippen LogP contribution is 2.29. The Morgan fingerprint density at radius 2 is 1.65 bits per heavy atom. The van der Waals surface area contributed by atoms with Gasteiger partial charge in [-0.2, -0.15) is 9.40 Å². The molecule has 7 nitrogen and oxygen atoms in total. The second-order valence-electron chi connectivity index (χ2n) is 7.65. The van der Waals surface area contributed by atoms with Crippen LogP contribution < -0.4 is 5.73 Å². The minimum absolute atomic E-state index is 0.0353. The second kappa shape index (κ2) is 10.2. The van der Waals surface area contributed by atoms with E-state index in [1.165, 1.54) is 24.3 Å². The van der Waals surface area contributed by atoms with Gasteiger partial charge in [-0.05, 0) is 60.0 Å². The molecule has 1 heterocycles. The van der Waals surface area contributed by atoms with E-state index in [1.54, 1.807) is 41.2 Å². The molecule has 174 valence electrons. The first-order chi connectivity index (χ1) is 16.4. The SMILES string of the molecule is NC(=O)C(c1ccccc1)N(CCc1ccc(-n2cccn2)cc1)S(=O)(=O)c1ccc(Cl)cc1. The third-order valence-electron chi connectivity index (χ3n) is 5.42. The van der Waals surface area contributed by atoms with Crippen LogP contribution >= 0.6 is 11.6 Å². The molecular formula is C25H23ClN4O3S. The van der Waals surface area contributed by atoms with E-state index in [4.69, 9.17) is 17.3 Å². The molecule has 1 unspecified atom stereocenters. The zero-order valence-corrected chi connectivity index (χ0v) is 19.7. The lowest BCUT2D eigenvalue weighted by Gasteiger charge is -2.29. The summed E-state index contributed by atoms with van der Waals surface area (Å²) in [7, 11) is -4.06. The number of carbonyl (C=O) groups is 1. The Hall–Kier alpha value is -3.46. The molecular weight excluding hydrogens is 472 g/mol. The lowest BCUT2D eigenvalue weighted by Crippen LogP contribution is -2.42. The summed E-state index contributed by atoms with van der Waals surface area (Å²) in [5.74, 6) is -0.752. The molecule has 9 heteroatoms. The van der Waals surface area contributed by atoms with Crippen LogP contribution in [-0.2, 0) is 21.2 Å². The van der Waals surface area contributed by atoms with E-state index in [-0.39, 0.29) is 11.4 Å². The van der Waals surface area contributed by atoms with E-state index < -0.39 is 22.0 Å². The summed E-state index contributed by atoms with van der Waals surface area (Å²) >= 11 is 5.95. The normalized spacial score (nSPS) is 12.5. The van der Waals surface area contributed by atoms with Gasteiger partial charge in [-0.1, -0.05) is 54.1 Å². The van der Waals surface area contributed by atoms with Gasteiger partial charge in [-0.15, -0.1) is 0 Å². The molecule has 4 aromatic rings. The van der Waals surface area contributed by atoms with Crippen molar-refractivity contribution in [3.05, 3.63) is 113 Å². The van der Waals surface area contributed by atoms with Crippen LogP contribution in [0, 0.1) is 0 Å². The van der Waals surface area contributed by atoms with E-state index in [2.05, 4.69) is 5.10 Å². The summed E-state index contributed by atoms with van der Waals surface area (Å²) in [6.07, 6.45) is 3.91. The molecule has 0 bridgehead atoms. The maximum Gasteiger partial charge on any atom is 0.244 e. The van der Waals surface area contributed by atoms with E-state index in [0.717, 1.165) is 15.6 Å². The van der Waals surface area contributed by atoms with Gasteiger partial charge in [-0.3, -0.25) is 4.79 Å². The van der Waals surface area contributed by atoms with Crippen LogP contribution in [0.3, 0.4) is 0 Å². The molecule has 3 aromatic carbocycles. The number of amides is 1. The molecule has 0 aliphatic heterocycles. The summed E-state index contributed by atoms with van der Waals surface area (Å²) in [5, 5.41) is 4.62. The molecule has 0 saturated heterocycles. The first-order valence-corrected chi connectivity index (χ1v) is 12.4. The minimum atomic E-state index is -4.06. The van der Waals surface area contributed by atoms with Gasteiger partial charge in [0.2, 0.25) is 15.9 Å². The predicted molar refractivity (Wildman–Crippen MR) is 131 cm³/mol. The van der Waals surface area contributed by atoms with Gasteiger partial charge in [0.1, 0.15) is 6.04 Å². The fourth-order valence-electron chi connectivity index (χ4n) is 3.71. The van der Waals surface area contributed by atoms with Gasteiger partial charge in [-0.25, -0.2) is 13.1 Å². The van der Waals surface area contributed by atoms with Crippen LogP contribution in [0.15, 0.2) is 102 Å². The average Bonchev–Trinajstić information content (AvgIpc) is 3.37. The van der Waals surface area contributed by atoms with Crippen molar-refractivity contribution in [3.8, 4) is 5.69 Å². The molecule has 4 rings (SSSR count). The molecule has 0 aliphatic rings. The zero-order valence-electron chi connectivity index (χ0n) is 18.2. The summed E-state index contributed by atoms with van der Waals surface area (Å²) in [5.41, 5.74) is 8.03. The van der Waals surface area contributed by atoms with Gasteiger partial charge >= 0.3 is 0 Å². The zero-order chi connectivity index (χ0) is 24.1. The van der Waals surface area contributed by atoms with Crippen molar-refractivity contribution < 1.29 is 13.2 Å². The smallest absolute Gasteiger partial charge is 0.244 e. The van der Waals surface area contributed by atoms with E-state index in [1.807, 2.05) is 36.5 Å². The Kier molecular flexibility index (Phi) is 7.12. The first kappa shape index (κ1) is 23.7. The van der Waals surface area contributed by atoms with Crippen LogP contribution in [0.5, 0.6) is 0 Å². The number of hydrogen-bond donors (Lipinski definition) is 1. The van der Waals surface area contributed by atoms with Crippen LogP contribution in [-0.4, -0.2) is 35.0 Å². The fourth-order valence-corrected chi connectivity index (χ4v) is 5.43. The van der Waals surface area contributed by atoms with Crippen LogP contribution in [0.25, 0.3) is 5.69 Å². The largest absolute Gasteiger partial charge is 0.368 e. The molecule has 0 radical (unpaired) electrons. The highest BCUT2D eigenvalue weighted by molar-refractivity contribution is 7.89. The lowest BCUT2D eigenvalue weighted by atomic mass is 10.1. The summed E-state index contributed by atoms with van der Waals surface area (Å²) in [6.45, 7) is 0.0502. The Morgan fingerprint density at radius 3 is 2.24 bits per heavy atom. The molecule has 1 amide bonds. The average molecular weight is 495 g/mol. The van der Waals surface area contributed by atoms with Crippen molar-refractivity contribution in [2.75, 3.05) is 6.54 Å². The number of rotatable bonds is 9. The number of benzene rings is 3. The summed E-state index contributed by atoms with van der Waals surface area (Å²) in [6, 6.07) is 22.8. The lowest BCUT2D eigenvalue weighted by molar-refractivity contribution is -0.121. The van der Waals surface area contributed by atoms with Crippen molar-refractivity contribution >= 4 is 27.5 Å². The molecule has 0 aliphatic carbocycles. The third kappa shape index (κ3) is 5.20. The first-order valence-electron chi connectivity index (χ1n) is 10.6. The van der Waals surface area contributed by atoms with Gasteiger partial charge in [0.05, 0.1) is 10.6 Å².